The Balaban J connectivity index is 1.77. The summed E-state index contributed by atoms with van der Waals surface area (Å²) < 4.78 is 47.0. The van der Waals surface area contributed by atoms with E-state index in [0.717, 1.165) is 4.90 Å². The van der Waals surface area contributed by atoms with E-state index in [4.69, 9.17) is 33.7 Å². The molecule has 0 spiro atoms. The summed E-state index contributed by atoms with van der Waals surface area (Å²) in [6.07, 6.45) is -1.50. The second-order valence-electron chi connectivity index (χ2n) is 7.38. The third kappa shape index (κ3) is 4.26. The summed E-state index contributed by atoms with van der Waals surface area (Å²) in [6, 6.07) is 3.71. The van der Waals surface area contributed by atoms with Crippen molar-refractivity contribution in [2.75, 3.05) is 26.3 Å². The van der Waals surface area contributed by atoms with Crippen LogP contribution in [0.1, 0.15) is 5.56 Å². The predicted octanol–water partition coefficient (Wildman–Crippen LogP) is 3.35. The van der Waals surface area contributed by atoms with Gasteiger partial charge in [-0.1, -0.05) is 35.3 Å². The molecule has 1 aromatic rings. The average molecular weight is 475 g/mol. The van der Waals surface area contributed by atoms with Crippen molar-refractivity contribution in [3.05, 3.63) is 57.4 Å². The minimum atomic E-state index is -4.73. The first-order chi connectivity index (χ1) is 14.7. The lowest BCUT2D eigenvalue weighted by Crippen LogP contribution is -2.42. The number of halogens is 5. The van der Waals surface area contributed by atoms with Gasteiger partial charge < -0.3 is 20.3 Å². The predicted molar refractivity (Wildman–Crippen MR) is 111 cm³/mol. The molecule has 1 aliphatic carbocycles. The summed E-state index contributed by atoms with van der Waals surface area (Å²) in [6.45, 7) is 1.87. The summed E-state index contributed by atoms with van der Waals surface area (Å²) in [5.41, 5.74) is 6.83. The Morgan fingerprint density at radius 3 is 2.61 bits per heavy atom. The van der Waals surface area contributed by atoms with Crippen LogP contribution in [0.4, 0.5) is 13.2 Å². The first-order valence-electron chi connectivity index (χ1n) is 9.57. The number of fused-ring (bicyclic) bond motifs is 1. The third-order valence-electron chi connectivity index (χ3n) is 5.44. The summed E-state index contributed by atoms with van der Waals surface area (Å²) in [7, 11) is 0. The SMILES string of the molecule is NC(=O)C1C=C(N2CCOCC2)C=C2C1N=C(C(F)(F)F)N2Cc1cccc(Cl)c1Cl. The van der Waals surface area contributed by atoms with E-state index in [9.17, 15) is 18.0 Å². The molecule has 0 bridgehead atoms. The molecule has 0 radical (unpaired) electrons. The van der Waals surface area contributed by atoms with E-state index < -0.39 is 29.9 Å². The van der Waals surface area contributed by atoms with E-state index in [1.54, 1.807) is 30.4 Å². The number of morpholine rings is 1. The number of alkyl halides is 3. The maximum absolute atomic E-state index is 13.9. The van der Waals surface area contributed by atoms with Gasteiger partial charge in [-0.05, 0) is 23.8 Å². The van der Waals surface area contributed by atoms with Crippen LogP contribution in [-0.2, 0) is 16.1 Å². The number of ether oxygens (including phenoxy) is 1. The minimum Gasteiger partial charge on any atom is -0.378 e. The number of nitrogens with zero attached hydrogens (tertiary/aromatic N) is 3. The van der Waals surface area contributed by atoms with Crippen LogP contribution in [0.5, 0.6) is 0 Å². The number of amidine groups is 1. The summed E-state index contributed by atoms with van der Waals surface area (Å²) in [5.74, 6) is -2.84. The third-order valence-corrected chi connectivity index (χ3v) is 6.29. The lowest BCUT2D eigenvalue weighted by molar-refractivity contribution is -0.120. The van der Waals surface area contributed by atoms with Gasteiger partial charge in [0.25, 0.3) is 0 Å². The molecule has 3 aliphatic rings. The van der Waals surface area contributed by atoms with Gasteiger partial charge in [0, 0.05) is 24.5 Å². The Labute approximate surface area is 186 Å². The van der Waals surface area contributed by atoms with Gasteiger partial charge in [0.05, 0.1) is 35.7 Å². The number of rotatable bonds is 4. The monoisotopic (exact) mass is 474 g/mol. The number of amides is 1. The molecule has 2 atom stereocenters. The fraction of sp³-hybridized carbons (Fsp3) is 0.400. The number of carbonyl (C=O) groups is 1. The lowest BCUT2D eigenvalue weighted by Gasteiger charge is -2.35. The van der Waals surface area contributed by atoms with Crippen LogP contribution >= 0.6 is 23.2 Å². The molecule has 6 nitrogen and oxygen atoms in total. The molecule has 2 heterocycles. The van der Waals surface area contributed by atoms with Crippen LogP contribution in [0.25, 0.3) is 0 Å². The van der Waals surface area contributed by atoms with Crippen LogP contribution in [0.3, 0.4) is 0 Å². The van der Waals surface area contributed by atoms with Crippen molar-refractivity contribution in [3.8, 4) is 0 Å². The van der Waals surface area contributed by atoms with Crippen LogP contribution in [0.2, 0.25) is 10.0 Å². The molecule has 0 aromatic heterocycles. The number of benzene rings is 1. The highest BCUT2D eigenvalue weighted by atomic mass is 35.5. The van der Waals surface area contributed by atoms with Crippen LogP contribution in [-0.4, -0.2) is 60.1 Å². The van der Waals surface area contributed by atoms with E-state index in [1.807, 2.05) is 4.90 Å². The van der Waals surface area contributed by atoms with Crippen molar-refractivity contribution in [3.63, 3.8) is 0 Å². The highest BCUT2D eigenvalue weighted by Gasteiger charge is 2.50. The first kappa shape index (κ1) is 22.0. The fourth-order valence-corrected chi connectivity index (χ4v) is 4.32. The van der Waals surface area contributed by atoms with Gasteiger partial charge in [-0.3, -0.25) is 9.79 Å². The maximum Gasteiger partial charge on any atom is 0.449 e. The van der Waals surface area contributed by atoms with E-state index >= 15 is 0 Å². The number of aliphatic imine (C=N–C) groups is 1. The normalized spacial score (nSPS) is 23.8. The zero-order valence-electron chi connectivity index (χ0n) is 16.2. The molecule has 166 valence electrons. The zero-order valence-corrected chi connectivity index (χ0v) is 17.7. The number of primary amides is 1. The topological polar surface area (TPSA) is 71.2 Å². The summed E-state index contributed by atoms with van der Waals surface area (Å²) in [5, 5.41) is 0.405. The minimum absolute atomic E-state index is 0.168. The van der Waals surface area contributed by atoms with Crippen molar-refractivity contribution in [2.45, 2.75) is 18.8 Å². The molecule has 1 fully saturated rings. The van der Waals surface area contributed by atoms with E-state index in [1.165, 1.54) is 0 Å². The van der Waals surface area contributed by atoms with Crippen molar-refractivity contribution in [1.82, 2.24) is 9.80 Å². The van der Waals surface area contributed by atoms with Gasteiger partial charge in [-0.25, -0.2) is 0 Å². The van der Waals surface area contributed by atoms with Crippen LogP contribution in [0, 0.1) is 5.92 Å². The number of hydrogen-bond acceptors (Lipinski definition) is 5. The Kier molecular flexibility index (Phi) is 5.93. The highest BCUT2D eigenvalue weighted by molar-refractivity contribution is 6.42. The largest absolute Gasteiger partial charge is 0.449 e. The van der Waals surface area contributed by atoms with Crippen molar-refractivity contribution >= 4 is 34.9 Å². The van der Waals surface area contributed by atoms with E-state index in [2.05, 4.69) is 4.99 Å². The van der Waals surface area contributed by atoms with Crippen LogP contribution < -0.4 is 5.73 Å². The highest BCUT2D eigenvalue weighted by Crippen LogP contribution is 2.40. The average Bonchev–Trinajstić information content (AvgIpc) is 3.10. The van der Waals surface area contributed by atoms with Crippen molar-refractivity contribution in [1.29, 1.82) is 0 Å². The van der Waals surface area contributed by atoms with Gasteiger partial charge in [0.15, 0.2) is 0 Å². The molecular formula is C20H19Cl2F3N4O2. The number of nitrogens with two attached hydrogens (primary N) is 1. The van der Waals surface area contributed by atoms with Gasteiger partial charge in [0.1, 0.15) is 6.04 Å². The fourth-order valence-electron chi connectivity index (χ4n) is 3.94. The smallest absolute Gasteiger partial charge is 0.378 e. The number of allylic oxidation sites excluding steroid dienone is 1. The second-order valence-corrected chi connectivity index (χ2v) is 8.17. The second kappa shape index (κ2) is 8.37. The molecule has 4 rings (SSSR count). The Hall–Kier alpha value is -2.23. The number of hydrogen-bond donors (Lipinski definition) is 1. The molecule has 11 heteroatoms. The van der Waals surface area contributed by atoms with Crippen molar-refractivity contribution < 1.29 is 22.7 Å². The Morgan fingerprint density at radius 2 is 1.97 bits per heavy atom. The van der Waals surface area contributed by atoms with Gasteiger partial charge >= 0.3 is 6.18 Å². The molecule has 2 aliphatic heterocycles. The zero-order chi connectivity index (χ0) is 22.3. The molecule has 2 unspecified atom stereocenters. The Bertz CT molecular complexity index is 987. The standard InChI is InChI=1S/C20H19Cl2F3N4O2/c21-14-3-1-2-11(16(14)22)10-29-15-9-12(28-4-6-31-7-5-28)8-13(18(26)30)17(15)27-19(29)20(23,24)25/h1-3,8-9,13,17H,4-7,10H2,(H2,26,30). The van der Waals surface area contributed by atoms with Crippen molar-refractivity contribution in [2.24, 2.45) is 16.6 Å². The summed E-state index contributed by atoms with van der Waals surface area (Å²) in [4.78, 5) is 19.0. The molecular weight excluding hydrogens is 456 g/mol. The lowest BCUT2D eigenvalue weighted by atomic mass is 9.90. The Morgan fingerprint density at radius 1 is 1.26 bits per heavy atom. The molecule has 31 heavy (non-hydrogen) atoms. The summed E-state index contributed by atoms with van der Waals surface area (Å²) >= 11 is 12.3. The van der Waals surface area contributed by atoms with Gasteiger partial charge in [0.2, 0.25) is 11.7 Å². The quantitative estimate of drug-likeness (QED) is 0.726. The van der Waals surface area contributed by atoms with Gasteiger partial charge in [-0.15, -0.1) is 0 Å². The van der Waals surface area contributed by atoms with E-state index in [-0.39, 0.29) is 22.3 Å². The molecule has 1 saturated heterocycles. The van der Waals surface area contributed by atoms with Crippen LogP contribution in [0.15, 0.2) is 46.7 Å². The maximum atomic E-state index is 13.9. The van der Waals surface area contributed by atoms with E-state index in [0.29, 0.717) is 37.6 Å². The molecule has 2 N–H and O–H groups in total. The first-order valence-corrected chi connectivity index (χ1v) is 10.3. The molecule has 1 aromatic carbocycles. The van der Waals surface area contributed by atoms with Gasteiger partial charge in [-0.2, -0.15) is 13.2 Å². The molecule has 1 amide bonds. The number of carbonyl (C=O) groups excluding carboxylic acids is 1. The molecule has 0 saturated carbocycles.